The fraction of sp³-hybridized carbons (Fsp3) is 0.263. The van der Waals surface area contributed by atoms with E-state index in [1.165, 1.54) is 22.9 Å². The molecule has 0 spiro atoms. The number of hydrogen-bond acceptors (Lipinski definition) is 5. The second-order valence-corrected chi connectivity index (χ2v) is 8.50. The van der Waals surface area contributed by atoms with Crippen LogP contribution in [0.15, 0.2) is 35.4 Å². The summed E-state index contributed by atoms with van der Waals surface area (Å²) in [5, 5.41) is 13.1. The molecule has 0 saturated carbocycles. The van der Waals surface area contributed by atoms with Gasteiger partial charge in [-0.05, 0) is 32.0 Å². The van der Waals surface area contributed by atoms with E-state index in [1.807, 2.05) is 13.8 Å². The van der Waals surface area contributed by atoms with Crippen molar-refractivity contribution in [3.8, 4) is 6.07 Å². The van der Waals surface area contributed by atoms with Crippen LogP contribution < -0.4 is 10.1 Å². The molecule has 2 heterocycles. The van der Waals surface area contributed by atoms with Gasteiger partial charge in [-0.2, -0.15) is 5.26 Å². The van der Waals surface area contributed by atoms with Crippen molar-refractivity contribution in [3.05, 3.63) is 53.1 Å². The van der Waals surface area contributed by atoms with Crippen LogP contribution in [0.5, 0.6) is 0 Å². The van der Waals surface area contributed by atoms with Crippen molar-refractivity contribution >= 4 is 27.7 Å². The molecular weight excluding hydrogens is 397 g/mol. The lowest BCUT2D eigenvalue weighted by Gasteiger charge is -2.26. The quantitative estimate of drug-likeness (QED) is 0.796. The zero-order chi connectivity index (χ0) is 21.3. The highest BCUT2D eigenvalue weighted by Gasteiger charge is 2.30. The van der Waals surface area contributed by atoms with Gasteiger partial charge in [-0.25, -0.2) is 17.8 Å². The van der Waals surface area contributed by atoms with E-state index >= 15 is 0 Å². The van der Waals surface area contributed by atoms with E-state index < -0.39 is 21.7 Å². The number of carbonyl (C=O) groups excluding carboxylic acids is 1. The number of aromatic nitrogens is 1. The third-order valence-electron chi connectivity index (χ3n) is 4.48. The van der Waals surface area contributed by atoms with Crippen LogP contribution in [0.1, 0.15) is 35.5 Å². The van der Waals surface area contributed by atoms with Crippen LogP contribution in [0.2, 0.25) is 0 Å². The average Bonchev–Trinajstić information content (AvgIpc) is 2.98. The summed E-state index contributed by atoms with van der Waals surface area (Å²) in [6.45, 7) is 4.05. The normalized spacial score (nSPS) is 16.0. The number of carbonyl (C=O) groups is 1. The first-order chi connectivity index (χ1) is 13.6. The number of nitrogens with one attached hydrogen (secondary N) is 2. The van der Waals surface area contributed by atoms with Crippen LogP contribution in [-0.2, 0) is 17.1 Å². The summed E-state index contributed by atoms with van der Waals surface area (Å²) >= 11 is 0. The van der Waals surface area contributed by atoms with E-state index in [1.54, 1.807) is 30.3 Å². The SMILES string of the molecule is CC(C)N1CC=Cc2c(cn(C)c2C(=O)Nc2ccc(F)c(C#N)c2)S(=O)(=O)N1. The maximum atomic E-state index is 13.5. The molecule has 0 fully saturated rings. The number of halogens is 1. The van der Waals surface area contributed by atoms with E-state index in [2.05, 4.69) is 10.1 Å². The fourth-order valence-electron chi connectivity index (χ4n) is 2.99. The molecule has 3 rings (SSSR count). The van der Waals surface area contributed by atoms with Gasteiger partial charge in [0, 0.05) is 37.1 Å². The van der Waals surface area contributed by atoms with Crippen molar-refractivity contribution in [2.45, 2.75) is 24.8 Å². The summed E-state index contributed by atoms with van der Waals surface area (Å²) < 4.78 is 40.6. The van der Waals surface area contributed by atoms with E-state index in [4.69, 9.17) is 5.26 Å². The number of hydrogen-bond donors (Lipinski definition) is 2. The van der Waals surface area contributed by atoms with Crippen molar-refractivity contribution in [1.82, 2.24) is 14.4 Å². The number of nitrogens with zero attached hydrogens (tertiary/aromatic N) is 3. The van der Waals surface area contributed by atoms with Gasteiger partial charge in [0.05, 0.1) is 5.56 Å². The topological polar surface area (TPSA) is 107 Å². The zero-order valence-corrected chi connectivity index (χ0v) is 16.9. The van der Waals surface area contributed by atoms with Gasteiger partial charge in [0.25, 0.3) is 15.9 Å². The summed E-state index contributed by atoms with van der Waals surface area (Å²) in [7, 11) is -2.32. The molecule has 0 saturated heterocycles. The maximum absolute atomic E-state index is 13.5. The minimum atomic E-state index is -3.89. The van der Waals surface area contributed by atoms with Gasteiger partial charge >= 0.3 is 0 Å². The molecule has 1 aliphatic heterocycles. The smallest absolute Gasteiger partial charge is 0.272 e. The highest BCUT2D eigenvalue weighted by Crippen LogP contribution is 2.26. The first-order valence-electron chi connectivity index (χ1n) is 8.80. The summed E-state index contributed by atoms with van der Waals surface area (Å²) in [6.07, 6.45) is 4.73. The molecule has 10 heteroatoms. The molecule has 0 radical (unpaired) electrons. The fourth-order valence-corrected chi connectivity index (χ4v) is 4.44. The van der Waals surface area contributed by atoms with E-state index in [9.17, 15) is 17.6 Å². The number of amides is 1. The van der Waals surface area contributed by atoms with Gasteiger partial charge in [-0.15, -0.1) is 4.83 Å². The van der Waals surface area contributed by atoms with Crippen LogP contribution in [0, 0.1) is 17.1 Å². The highest BCUT2D eigenvalue weighted by molar-refractivity contribution is 7.89. The van der Waals surface area contributed by atoms with Gasteiger partial charge in [-0.3, -0.25) is 4.79 Å². The Hall–Kier alpha value is -3.00. The predicted octanol–water partition coefficient (Wildman–Crippen LogP) is 2.22. The first-order valence-corrected chi connectivity index (χ1v) is 10.3. The van der Waals surface area contributed by atoms with E-state index in [0.29, 0.717) is 6.54 Å². The van der Waals surface area contributed by atoms with Crippen molar-refractivity contribution in [1.29, 1.82) is 5.26 Å². The molecule has 1 aromatic carbocycles. The number of fused-ring (bicyclic) bond motifs is 1. The zero-order valence-electron chi connectivity index (χ0n) is 16.1. The number of hydrazine groups is 1. The molecule has 0 atom stereocenters. The summed E-state index contributed by atoms with van der Waals surface area (Å²) in [5.41, 5.74) is 0.404. The van der Waals surface area contributed by atoms with Crippen LogP contribution in [0.4, 0.5) is 10.1 Å². The summed E-state index contributed by atoms with van der Waals surface area (Å²) in [4.78, 5) is 15.4. The Bertz CT molecular complexity index is 1150. The maximum Gasteiger partial charge on any atom is 0.272 e. The third-order valence-corrected chi connectivity index (χ3v) is 5.86. The van der Waals surface area contributed by atoms with Crippen molar-refractivity contribution < 1.29 is 17.6 Å². The molecule has 0 bridgehead atoms. The summed E-state index contributed by atoms with van der Waals surface area (Å²) in [6, 6.07) is 5.28. The monoisotopic (exact) mass is 417 g/mol. The van der Waals surface area contributed by atoms with Crippen LogP contribution >= 0.6 is 0 Å². The van der Waals surface area contributed by atoms with Gasteiger partial charge in [0.15, 0.2) is 0 Å². The lowest BCUT2D eigenvalue weighted by molar-refractivity contribution is 0.101. The Labute approximate surface area is 168 Å². The van der Waals surface area contributed by atoms with Crippen LogP contribution in [-0.4, -0.2) is 36.5 Å². The predicted molar refractivity (Wildman–Crippen MR) is 106 cm³/mol. The van der Waals surface area contributed by atoms with Gasteiger partial charge < -0.3 is 9.88 Å². The van der Waals surface area contributed by atoms with Crippen LogP contribution in [0.25, 0.3) is 6.08 Å². The summed E-state index contributed by atoms with van der Waals surface area (Å²) in [5.74, 6) is -1.27. The van der Waals surface area contributed by atoms with E-state index in [0.717, 1.165) is 6.07 Å². The molecule has 1 aromatic heterocycles. The molecule has 8 nitrogen and oxygen atoms in total. The minimum absolute atomic E-state index is 0.0245. The van der Waals surface area contributed by atoms with Crippen molar-refractivity contribution in [3.63, 3.8) is 0 Å². The molecule has 152 valence electrons. The Morgan fingerprint density at radius 1 is 1.38 bits per heavy atom. The number of aryl methyl sites for hydroxylation is 1. The number of anilines is 1. The van der Waals surface area contributed by atoms with Gasteiger partial charge in [-0.1, -0.05) is 12.2 Å². The number of nitriles is 1. The molecule has 29 heavy (non-hydrogen) atoms. The van der Waals surface area contributed by atoms with Gasteiger partial charge in [0.2, 0.25) is 0 Å². The Kier molecular flexibility index (Phi) is 5.57. The minimum Gasteiger partial charge on any atom is -0.345 e. The average molecular weight is 417 g/mol. The molecule has 1 aliphatic rings. The lowest BCUT2D eigenvalue weighted by Crippen LogP contribution is -2.46. The lowest BCUT2D eigenvalue weighted by atomic mass is 10.1. The van der Waals surface area contributed by atoms with Crippen molar-refractivity contribution in [2.75, 3.05) is 11.9 Å². The Morgan fingerprint density at radius 3 is 2.76 bits per heavy atom. The molecule has 2 N–H and O–H groups in total. The second kappa shape index (κ2) is 7.79. The number of benzene rings is 1. The van der Waals surface area contributed by atoms with Gasteiger partial charge in [0.1, 0.15) is 22.5 Å². The molecule has 0 aliphatic carbocycles. The molecule has 2 aromatic rings. The van der Waals surface area contributed by atoms with Crippen LogP contribution in [0.3, 0.4) is 0 Å². The second-order valence-electron chi connectivity index (χ2n) is 6.87. The van der Waals surface area contributed by atoms with E-state index in [-0.39, 0.29) is 33.4 Å². The third kappa shape index (κ3) is 4.07. The molecule has 0 unspecified atom stereocenters. The Balaban J connectivity index is 2.01. The highest BCUT2D eigenvalue weighted by atomic mass is 32.2. The molecular formula is C19H20FN5O3S. The Morgan fingerprint density at radius 2 is 2.10 bits per heavy atom. The standard InChI is InChI=1S/C19H20FN5O3S/c1-12(2)25-8-4-5-15-17(29(27,28)23-25)11-24(3)18(15)19(26)22-14-6-7-16(20)13(9-14)10-21/h4-7,9,11-12,23H,8H2,1-3H3,(H,22,26). The molecule has 1 amide bonds. The van der Waals surface area contributed by atoms with Crippen molar-refractivity contribution in [2.24, 2.45) is 7.05 Å². The largest absolute Gasteiger partial charge is 0.345 e. The number of rotatable bonds is 3. The number of sulfonamides is 1. The first kappa shape index (κ1) is 20.7.